The smallest absolute Gasteiger partial charge is 0.311 e. The lowest BCUT2D eigenvalue weighted by atomic mass is 9.87. The Hall–Kier alpha value is -0.570. The molecule has 0 radical (unpaired) electrons. The van der Waals surface area contributed by atoms with E-state index in [0.717, 1.165) is 12.8 Å². The molecular weight excluding hydrogens is 192 g/mol. The van der Waals surface area contributed by atoms with E-state index in [1.807, 2.05) is 13.8 Å². The molecule has 0 aliphatic carbocycles. The van der Waals surface area contributed by atoms with Crippen molar-refractivity contribution in [2.45, 2.75) is 53.1 Å². The fourth-order valence-corrected chi connectivity index (χ4v) is 1.82. The van der Waals surface area contributed by atoms with Gasteiger partial charge in [0, 0.05) is 0 Å². The van der Waals surface area contributed by atoms with Gasteiger partial charge < -0.3 is 9.84 Å². The van der Waals surface area contributed by atoms with E-state index in [0.29, 0.717) is 13.0 Å². The molecular formula is C12H24O3. The van der Waals surface area contributed by atoms with Gasteiger partial charge >= 0.3 is 5.97 Å². The van der Waals surface area contributed by atoms with Crippen LogP contribution in [0.1, 0.15) is 47.0 Å². The summed E-state index contributed by atoms with van der Waals surface area (Å²) in [5, 5.41) is 10.0. The molecule has 90 valence electrons. The summed E-state index contributed by atoms with van der Waals surface area (Å²) in [7, 11) is 0. The van der Waals surface area contributed by atoms with Crippen LogP contribution in [0.3, 0.4) is 0 Å². The van der Waals surface area contributed by atoms with Gasteiger partial charge in [0.05, 0.1) is 18.6 Å². The highest BCUT2D eigenvalue weighted by atomic mass is 16.5. The van der Waals surface area contributed by atoms with Gasteiger partial charge in [-0.2, -0.15) is 0 Å². The number of aliphatic hydroxyl groups is 1. The molecule has 0 heterocycles. The van der Waals surface area contributed by atoms with Gasteiger partial charge in [-0.25, -0.2) is 0 Å². The summed E-state index contributed by atoms with van der Waals surface area (Å²) in [5.41, 5.74) is 0. The van der Waals surface area contributed by atoms with Crippen LogP contribution < -0.4 is 0 Å². The van der Waals surface area contributed by atoms with Crippen molar-refractivity contribution in [3.8, 4) is 0 Å². The molecule has 3 atom stereocenters. The molecule has 0 bridgehead atoms. The van der Waals surface area contributed by atoms with Crippen molar-refractivity contribution >= 4 is 5.97 Å². The van der Waals surface area contributed by atoms with Crippen LogP contribution in [0.15, 0.2) is 0 Å². The average molecular weight is 216 g/mol. The lowest BCUT2D eigenvalue weighted by Crippen LogP contribution is -2.34. The second-order valence-electron chi connectivity index (χ2n) is 4.02. The number of aliphatic hydroxyl groups excluding tert-OH is 1. The van der Waals surface area contributed by atoms with Crippen LogP contribution in [0.5, 0.6) is 0 Å². The Balaban J connectivity index is 4.31. The molecule has 0 saturated heterocycles. The number of rotatable bonds is 7. The van der Waals surface area contributed by atoms with Gasteiger partial charge in [0.25, 0.3) is 0 Å². The molecule has 0 rings (SSSR count). The highest BCUT2D eigenvalue weighted by Crippen LogP contribution is 2.21. The maximum Gasteiger partial charge on any atom is 0.311 e. The predicted octanol–water partition coefficient (Wildman–Crippen LogP) is 2.37. The van der Waals surface area contributed by atoms with Crippen molar-refractivity contribution < 1.29 is 14.6 Å². The van der Waals surface area contributed by atoms with E-state index in [-0.39, 0.29) is 17.8 Å². The number of hydrogen-bond acceptors (Lipinski definition) is 3. The van der Waals surface area contributed by atoms with Crippen LogP contribution in [0.25, 0.3) is 0 Å². The summed E-state index contributed by atoms with van der Waals surface area (Å²) in [6.07, 6.45) is 2.02. The fourth-order valence-electron chi connectivity index (χ4n) is 1.82. The third-order valence-corrected chi connectivity index (χ3v) is 2.77. The van der Waals surface area contributed by atoms with Gasteiger partial charge in [-0.15, -0.1) is 0 Å². The molecule has 3 heteroatoms. The van der Waals surface area contributed by atoms with E-state index in [2.05, 4.69) is 6.92 Å². The minimum absolute atomic E-state index is 0.157. The van der Waals surface area contributed by atoms with Crippen molar-refractivity contribution in [1.29, 1.82) is 0 Å². The summed E-state index contributed by atoms with van der Waals surface area (Å²) >= 11 is 0. The Morgan fingerprint density at radius 1 is 1.33 bits per heavy atom. The minimum Gasteiger partial charge on any atom is -0.466 e. The monoisotopic (exact) mass is 216 g/mol. The largest absolute Gasteiger partial charge is 0.466 e. The van der Waals surface area contributed by atoms with Crippen molar-refractivity contribution in [2.75, 3.05) is 6.61 Å². The Bertz CT molecular complexity index is 180. The van der Waals surface area contributed by atoms with E-state index in [4.69, 9.17) is 4.74 Å². The normalized spacial score (nSPS) is 16.9. The lowest BCUT2D eigenvalue weighted by Gasteiger charge is -2.25. The molecule has 15 heavy (non-hydrogen) atoms. The molecule has 0 aliphatic rings. The zero-order valence-corrected chi connectivity index (χ0v) is 10.3. The second-order valence-corrected chi connectivity index (χ2v) is 4.02. The van der Waals surface area contributed by atoms with E-state index < -0.39 is 6.10 Å². The van der Waals surface area contributed by atoms with Gasteiger partial charge in [0.1, 0.15) is 0 Å². The van der Waals surface area contributed by atoms with Crippen LogP contribution in [-0.2, 0) is 9.53 Å². The van der Waals surface area contributed by atoms with E-state index in [1.54, 1.807) is 6.92 Å². The van der Waals surface area contributed by atoms with Gasteiger partial charge in [-0.05, 0) is 25.7 Å². The number of carbonyl (C=O) groups is 1. The lowest BCUT2D eigenvalue weighted by molar-refractivity contribution is -0.153. The molecule has 0 aromatic rings. The summed E-state index contributed by atoms with van der Waals surface area (Å²) in [5.74, 6) is -0.480. The van der Waals surface area contributed by atoms with E-state index in [9.17, 15) is 9.90 Å². The average Bonchev–Trinajstić information content (AvgIpc) is 2.19. The zero-order chi connectivity index (χ0) is 11.8. The summed E-state index contributed by atoms with van der Waals surface area (Å²) in [6, 6.07) is 0. The fraction of sp³-hybridized carbons (Fsp3) is 0.917. The first-order valence-electron chi connectivity index (χ1n) is 5.93. The zero-order valence-electron chi connectivity index (χ0n) is 10.3. The molecule has 0 amide bonds. The van der Waals surface area contributed by atoms with E-state index in [1.165, 1.54) is 0 Å². The Morgan fingerprint density at radius 2 is 1.93 bits per heavy atom. The maximum absolute atomic E-state index is 11.5. The first-order chi connectivity index (χ1) is 7.08. The standard InChI is InChI=1S/C12H24O3/c1-5-8-9(4)11(13)10(6-2)12(14)15-7-3/h9-11,13H,5-8H2,1-4H3. The quantitative estimate of drug-likeness (QED) is 0.665. The molecule has 0 aliphatic heterocycles. The first kappa shape index (κ1) is 14.4. The molecule has 0 saturated carbocycles. The summed E-state index contributed by atoms with van der Waals surface area (Å²) in [6.45, 7) is 8.13. The Kier molecular flexibility index (Phi) is 7.39. The number of hydrogen-bond donors (Lipinski definition) is 1. The maximum atomic E-state index is 11.5. The highest BCUT2D eigenvalue weighted by Gasteiger charge is 2.29. The van der Waals surface area contributed by atoms with Gasteiger partial charge in [-0.3, -0.25) is 4.79 Å². The number of ether oxygens (including phenoxy) is 1. The third kappa shape index (κ3) is 4.65. The second kappa shape index (κ2) is 7.69. The molecule has 1 N–H and O–H groups in total. The summed E-state index contributed by atoms with van der Waals surface area (Å²) in [4.78, 5) is 11.5. The predicted molar refractivity (Wildman–Crippen MR) is 60.5 cm³/mol. The van der Waals surface area contributed by atoms with Gasteiger partial charge in [-0.1, -0.05) is 27.2 Å². The van der Waals surface area contributed by atoms with Crippen molar-refractivity contribution in [3.63, 3.8) is 0 Å². The molecule has 3 unspecified atom stereocenters. The Morgan fingerprint density at radius 3 is 2.33 bits per heavy atom. The Labute approximate surface area is 92.8 Å². The molecule has 3 nitrogen and oxygen atoms in total. The van der Waals surface area contributed by atoms with Crippen LogP contribution in [0.2, 0.25) is 0 Å². The molecule has 0 aromatic heterocycles. The molecule has 0 spiro atoms. The minimum atomic E-state index is -0.575. The van der Waals surface area contributed by atoms with Crippen LogP contribution in [-0.4, -0.2) is 23.8 Å². The highest BCUT2D eigenvalue weighted by molar-refractivity contribution is 5.73. The third-order valence-electron chi connectivity index (χ3n) is 2.77. The molecule has 0 fully saturated rings. The van der Waals surface area contributed by atoms with Crippen LogP contribution in [0, 0.1) is 11.8 Å². The SMILES string of the molecule is CCCC(C)C(O)C(CC)C(=O)OCC. The van der Waals surface area contributed by atoms with Crippen molar-refractivity contribution in [2.24, 2.45) is 11.8 Å². The van der Waals surface area contributed by atoms with E-state index >= 15 is 0 Å². The van der Waals surface area contributed by atoms with Crippen LogP contribution in [0.4, 0.5) is 0 Å². The topological polar surface area (TPSA) is 46.5 Å². The van der Waals surface area contributed by atoms with Gasteiger partial charge in [0.15, 0.2) is 0 Å². The summed E-state index contributed by atoms with van der Waals surface area (Å²) < 4.78 is 4.95. The molecule has 0 aromatic carbocycles. The first-order valence-corrected chi connectivity index (χ1v) is 5.93. The number of esters is 1. The van der Waals surface area contributed by atoms with Crippen molar-refractivity contribution in [1.82, 2.24) is 0 Å². The van der Waals surface area contributed by atoms with Crippen LogP contribution >= 0.6 is 0 Å². The van der Waals surface area contributed by atoms with Crippen molar-refractivity contribution in [3.05, 3.63) is 0 Å². The number of carbonyl (C=O) groups excluding carboxylic acids is 1. The van der Waals surface area contributed by atoms with Gasteiger partial charge in [0.2, 0.25) is 0 Å².